The van der Waals surface area contributed by atoms with Gasteiger partial charge in [0.15, 0.2) is 5.82 Å². The molecule has 2 aromatic rings. The zero-order valence-electron chi connectivity index (χ0n) is 9.29. The van der Waals surface area contributed by atoms with E-state index in [9.17, 15) is 0 Å². The quantitative estimate of drug-likeness (QED) is 0.838. The summed E-state index contributed by atoms with van der Waals surface area (Å²) < 4.78 is 0. The molecular weight excluding hydrogens is 222 g/mol. The molecule has 4 heteroatoms. The third kappa shape index (κ3) is 1.91. The van der Waals surface area contributed by atoms with Crippen molar-refractivity contribution < 1.29 is 0 Å². The van der Waals surface area contributed by atoms with Crippen LogP contribution in [0.3, 0.4) is 0 Å². The molecule has 1 heterocycles. The maximum atomic E-state index is 5.97. The Kier molecular flexibility index (Phi) is 2.88. The smallest absolute Gasteiger partial charge is 0.153 e. The number of nitrogen functional groups attached to an aromatic ring is 1. The van der Waals surface area contributed by atoms with Crippen LogP contribution in [0.5, 0.6) is 0 Å². The van der Waals surface area contributed by atoms with Crippen molar-refractivity contribution in [3.05, 3.63) is 35.0 Å². The fourth-order valence-corrected chi connectivity index (χ4v) is 1.93. The molecule has 84 valence electrons. The molecule has 2 rings (SSSR count). The molecule has 0 unspecified atom stereocenters. The summed E-state index contributed by atoms with van der Waals surface area (Å²) in [5.74, 6) is 0.866. The maximum absolute atomic E-state index is 5.97. The van der Waals surface area contributed by atoms with Crippen LogP contribution >= 0.6 is 11.6 Å². The minimum atomic E-state index is 0.346. The maximum Gasteiger partial charge on any atom is 0.153 e. The molecule has 1 aromatic heterocycles. The number of rotatable bonds is 2. The fraction of sp³-hybridized carbons (Fsp3) is 0.250. The van der Waals surface area contributed by atoms with Gasteiger partial charge in [0.1, 0.15) is 0 Å². The van der Waals surface area contributed by atoms with Gasteiger partial charge in [-0.15, -0.1) is 0 Å². The highest BCUT2D eigenvalue weighted by molar-refractivity contribution is 6.30. The summed E-state index contributed by atoms with van der Waals surface area (Å²) in [5, 5.41) is 7.73. The molecule has 0 fully saturated rings. The Morgan fingerprint density at radius 1 is 1.38 bits per heavy atom. The Bertz CT molecular complexity index is 503. The molecule has 16 heavy (non-hydrogen) atoms. The number of anilines is 1. The van der Waals surface area contributed by atoms with E-state index in [1.54, 1.807) is 0 Å². The molecule has 0 amide bonds. The van der Waals surface area contributed by atoms with Crippen LogP contribution in [0.15, 0.2) is 24.3 Å². The zero-order valence-corrected chi connectivity index (χ0v) is 10.0. The summed E-state index contributed by atoms with van der Waals surface area (Å²) in [5.41, 5.74) is 8.88. The fourth-order valence-electron chi connectivity index (χ4n) is 1.74. The lowest BCUT2D eigenvalue weighted by Gasteiger charge is -2.07. The van der Waals surface area contributed by atoms with Crippen LogP contribution < -0.4 is 5.73 Å². The molecule has 0 atom stereocenters. The van der Waals surface area contributed by atoms with Crippen LogP contribution in [-0.4, -0.2) is 10.2 Å². The number of aromatic nitrogens is 2. The Balaban J connectivity index is 2.59. The molecule has 0 saturated carbocycles. The van der Waals surface area contributed by atoms with Gasteiger partial charge >= 0.3 is 0 Å². The van der Waals surface area contributed by atoms with E-state index in [2.05, 4.69) is 24.0 Å². The molecule has 0 aliphatic carbocycles. The van der Waals surface area contributed by atoms with E-state index < -0.39 is 0 Å². The second-order valence-electron chi connectivity index (χ2n) is 4.06. The van der Waals surface area contributed by atoms with Crippen molar-refractivity contribution in [3.8, 4) is 11.1 Å². The first-order valence-electron chi connectivity index (χ1n) is 5.19. The van der Waals surface area contributed by atoms with Gasteiger partial charge in [-0.05, 0) is 23.6 Å². The third-order valence-electron chi connectivity index (χ3n) is 2.51. The first-order chi connectivity index (χ1) is 7.59. The lowest BCUT2D eigenvalue weighted by Crippen LogP contribution is -1.93. The van der Waals surface area contributed by atoms with E-state index in [1.807, 2.05) is 24.3 Å². The van der Waals surface area contributed by atoms with Crippen molar-refractivity contribution in [1.29, 1.82) is 0 Å². The molecule has 0 saturated heterocycles. The van der Waals surface area contributed by atoms with Gasteiger partial charge in [-0.2, -0.15) is 5.10 Å². The first-order valence-corrected chi connectivity index (χ1v) is 5.57. The number of hydrogen-bond donors (Lipinski definition) is 2. The minimum absolute atomic E-state index is 0.346. The van der Waals surface area contributed by atoms with Gasteiger partial charge in [0.05, 0.1) is 0 Å². The van der Waals surface area contributed by atoms with E-state index in [4.69, 9.17) is 17.3 Å². The monoisotopic (exact) mass is 235 g/mol. The van der Waals surface area contributed by atoms with Crippen LogP contribution in [-0.2, 0) is 0 Å². The number of nitrogens with zero attached hydrogens (tertiary/aromatic N) is 1. The number of hydrogen-bond acceptors (Lipinski definition) is 2. The molecule has 0 aliphatic rings. The summed E-state index contributed by atoms with van der Waals surface area (Å²) in [6.45, 7) is 4.20. The number of benzene rings is 1. The third-order valence-corrected chi connectivity index (χ3v) is 2.75. The molecule has 0 spiro atoms. The SMILES string of the molecule is CC(C)c1[nH]nc(N)c1-c1cccc(Cl)c1. The van der Waals surface area contributed by atoms with Crippen molar-refractivity contribution in [2.24, 2.45) is 0 Å². The average molecular weight is 236 g/mol. The largest absolute Gasteiger partial charge is 0.382 e. The van der Waals surface area contributed by atoms with E-state index >= 15 is 0 Å². The highest BCUT2D eigenvalue weighted by Crippen LogP contribution is 2.33. The Morgan fingerprint density at radius 2 is 2.12 bits per heavy atom. The lowest BCUT2D eigenvalue weighted by atomic mass is 9.99. The van der Waals surface area contributed by atoms with Crippen molar-refractivity contribution >= 4 is 17.4 Å². The summed E-state index contributed by atoms with van der Waals surface area (Å²) in [6, 6.07) is 7.64. The molecular formula is C12H14ClN3. The number of aromatic amines is 1. The molecule has 3 N–H and O–H groups in total. The van der Waals surface area contributed by atoms with Gasteiger partial charge in [0, 0.05) is 16.3 Å². The molecule has 0 aliphatic heterocycles. The molecule has 0 radical (unpaired) electrons. The van der Waals surface area contributed by atoms with Crippen LogP contribution in [0.25, 0.3) is 11.1 Å². The van der Waals surface area contributed by atoms with Gasteiger partial charge in [0.25, 0.3) is 0 Å². The number of H-pyrrole nitrogens is 1. The topological polar surface area (TPSA) is 54.7 Å². The van der Waals surface area contributed by atoms with Gasteiger partial charge in [0.2, 0.25) is 0 Å². The van der Waals surface area contributed by atoms with E-state index in [0.29, 0.717) is 16.8 Å². The number of nitrogens with two attached hydrogens (primary N) is 1. The second kappa shape index (κ2) is 4.18. The van der Waals surface area contributed by atoms with Gasteiger partial charge in [-0.3, -0.25) is 5.10 Å². The predicted molar refractivity (Wildman–Crippen MR) is 67.5 cm³/mol. The summed E-state index contributed by atoms with van der Waals surface area (Å²) in [7, 11) is 0. The number of nitrogens with one attached hydrogen (secondary N) is 1. The minimum Gasteiger partial charge on any atom is -0.382 e. The Labute approximate surface area is 99.6 Å². The van der Waals surface area contributed by atoms with Gasteiger partial charge in [-0.25, -0.2) is 0 Å². The first kappa shape index (κ1) is 11.0. The number of halogens is 1. The normalized spacial score (nSPS) is 11.0. The Morgan fingerprint density at radius 3 is 2.75 bits per heavy atom. The lowest BCUT2D eigenvalue weighted by molar-refractivity contribution is 0.812. The van der Waals surface area contributed by atoms with E-state index in [0.717, 1.165) is 16.8 Å². The van der Waals surface area contributed by atoms with Crippen LogP contribution in [0.2, 0.25) is 5.02 Å². The standard InChI is InChI=1S/C12H14ClN3/c1-7(2)11-10(12(14)16-15-11)8-4-3-5-9(13)6-8/h3-7H,1-2H3,(H3,14,15,16). The predicted octanol–water partition coefficient (Wildman–Crippen LogP) is 3.44. The van der Waals surface area contributed by atoms with E-state index in [-0.39, 0.29) is 0 Å². The van der Waals surface area contributed by atoms with Crippen molar-refractivity contribution in [2.45, 2.75) is 19.8 Å². The molecule has 3 nitrogen and oxygen atoms in total. The summed E-state index contributed by atoms with van der Waals surface area (Å²) >= 11 is 5.97. The summed E-state index contributed by atoms with van der Waals surface area (Å²) in [4.78, 5) is 0. The summed E-state index contributed by atoms with van der Waals surface area (Å²) in [6.07, 6.45) is 0. The van der Waals surface area contributed by atoms with Crippen LogP contribution in [0.4, 0.5) is 5.82 Å². The van der Waals surface area contributed by atoms with Gasteiger partial charge < -0.3 is 5.73 Å². The molecule has 1 aromatic carbocycles. The molecule has 0 bridgehead atoms. The van der Waals surface area contributed by atoms with Crippen molar-refractivity contribution in [3.63, 3.8) is 0 Å². The second-order valence-corrected chi connectivity index (χ2v) is 4.50. The highest BCUT2D eigenvalue weighted by atomic mass is 35.5. The Hall–Kier alpha value is -1.48. The average Bonchev–Trinajstić information content (AvgIpc) is 2.60. The van der Waals surface area contributed by atoms with Gasteiger partial charge in [-0.1, -0.05) is 37.6 Å². The highest BCUT2D eigenvalue weighted by Gasteiger charge is 2.15. The van der Waals surface area contributed by atoms with Crippen molar-refractivity contribution in [2.75, 3.05) is 5.73 Å². The van der Waals surface area contributed by atoms with Crippen LogP contribution in [0.1, 0.15) is 25.5 Å². The zero-order chi connectivity index (χ0) is 11.7. The van der Waals surface area contributed by atoms with Crippen LogP contribution in [0, 0.1) is 0 Å². The van der Waals surface area contributed by atoms with Crippen molar-refractivity contribution in [1.82, 2.24) is 10.2 Å². The van der Waals surface area contributed by atoms with E-state index in [1.165, 1.54) is 0 Å².